The van der Waals surface area contributed by atoms with Crippen molar-refractivity contribution < 1.29 is 14.3 Å². The number of methoxy groups -OCH3 is 2. The van der Waals surface area contributed by atoms with Crippen molar-refractivity contribution in [2.45, 2.75) is 19.4 Å². The molecule has 0 radical (unpaired) electrons. The molecule has 2 aromatic heterocycles. The van der Waals surface area contributed by atoms with Gasteiger partial charge in [0.25, 0.3) is 0 Å². The molecule has 3 rings (SSSR count). The summed E-state index contributed by atoms with van der Waals surface area (Å²) < 4.78 is 10.6. The Hall–Kier alpha value is -2.86. The molecule has 27 heavy (non-hydrogen) atoms. The average Bonchev–Trinajstić information content (AvgIpc) is 3.25. The number of pyridine rings is 1. The van der Waals surface area contributed by atoms with Crippen LogP contribution in [0.5, 0.6) is 11.5 Å². The molecule has 5 nitrogen and oxygen atoms in total. The highest BCUT2D eigenvalue weighted by Gasteiger charge is 2.09. The van der Waals surface area contributed by atoms with Crippen molar-refractivity contribution in [3.63, 3.8) is 0 Å². The van der Waals surface area contributed by atoms with E-state index in [4.69, 9.17) is 9.47 Å². The second-order valence-corrected chi connectivity index (χ2v) is 6.80. The van der Waals surface area contributed by atoms with Crippen molar-refractivity contribution >= 4 is 17.2 Å². The van der Waals surface area contributed by atoms with Crippen LogP contribution in [0.25, 0.3) is 11.3 Å². The number of hydrogen-bond donors (Lipinski definition) is 1. The van der Waals surface area contributed by atoms with Gasteiger partial charge < -0.3 is 14.8 Å². The predicted octanol–water partition coefficient (Wildman–Crippen LogP) is 4.08. The molecule has 1 aromatic carbocycles. The number of benzene rings is 1. The van der Waals surface area contributed by atoms with E-state index in [0.717, 1.165) is 33.9 Å². The second kappa shape index (κ2) is 9.19. The molecule has 140 valence electrons. The van der Waals surface area contributed by atoms with E-state index in [1.54, 1.807) is 31.8 Å². The van der Waals surface area contributed by atoms with Crippen LogP contribution in [0.2, 0.25) is 0 Å². The number of ether oxygens (including phenoxy) is 2. The van der Waals surface area contributed by atoms with E-state index in [2.05, 4.69) is 15.7 Å². The summed E-state index contributed by atoms with van der Waals surface area (Å²) in [5.74, 6) is 1.47. The summed E-state index contributed by atoms with van der Waals surface area (Å²) in [5.41, 5.74) is 4.03. The van der Waals surface area contributed by atoms with Crippen LogP contribution in [0.15, 0.2) is 53.4 Å². The fourth-order valence-electron chi connectivity index (χ4n) is 2.75. The first kappa shape index (κ1) is 18.9. The molecule has 0 saturated carbocycles. The van der Waals surface area contributed by atoms with Gasteiger partial charge >= 0.3 is 0 Å². The third-order valence-electron chi connectivity index (χ3n) is 4.25. The maximum absolute atomic E-state index is 12.2. The molecule has 0 bridgehead atoms. The van der Waals surface area contributed by atoms with Crippen molar-refractivity contribution in [3.8, 4) is 22.8 Å². The summed E-state index contributed by atoms with van der Waals surface area (Å²) in [4.78, 5) is 16.6. The molecule has 1 N–H and O–H groups in total. The van der Waals surface area contributed by atoms with Gasteiger partial charge in [0.15, 0.2) is 0 Å². The van der Waals surface area contributed by atoms with Crippen LogP contribution in [0.4, 0.5) is 0 Å². The van der Waals surface area contributed by atoms with E-state index in [1.807, 2.05) is 41.8 Å². The largest absolute Gasteiger partial charge is 0.497 e. The van der Waals surface area contributed by atoms with E-state index in [9.17, 15) is 4.79 Å². The Morgan fingerprint density at radius 3 is 2.78 bits per heavy atom. The second-order valence-electron chi connectivity index (χ2n) is 6.02. The fourth-order valence-corrected chi connectivity index (χ4v) is 3.40. The molecule has 0 atom stereocenters. The summed E-state index contributed by atoms with van der Waals surface area (Å²) in [6.07, 6.45) is 2.78. The van der Waals surface area contributed by atoms with Gasteiger partial charge in [-0.25, -0.2) is 0 Å². The summed E-state index contributed by atoms with van der Waals surface area (Å²) >= 11 is 1.64. The first-order valence-corrected chi connectivity index (χ1v) is 9.59. The van der Waals surface area contributed by atoms with Gasteiger partial charge in [-0.05, 0) is 47.2 Å². The van der Waals surface area contributed by atoms with E-state index in [1.165, 1.54) is 0 Å². The molecular weight excluding hydrogens is 360 g/mol. The van der Waals surface area contributed by atoms with Crippen LogP contribution < -0.4 is 14.8 Å². The topological polar surface area (TPSA) is 60.5 Å². The van der Waals surface area contributed by atoms with Gasteiger partial charge in [-0.1, -0.05) is 6.07 Å². The number of carbonyl (C=O) groups excluding carboxylic acids is 1. The lowest BCUT2D eigenvalue weighted by molar-refractivity contribution is -0.121. The van der Waals surface area contributed by atoms with Crippen LogP contribution in [-0.2, 0) is 17.8 Å². The zero-order chi connectivity index (χ0) is 19.1. The van der Waals surface area contributed by atoms with E-state index in [0.29, 0.717) is 19.4 Å². The monoisotopic (exact) mass is 382 g/mol. The number of amides is 1. The number of nitrogens with zero attached hydrogens (tertiary/aromatic N) is 1. The molecule has 3 aromatic rings. The Morgan fingerprint density at radius 1 is 1.15 bits per heavy atom. The van der Waals surface area contributed by atoms with Gasteiger partial charge in [-0.15, -0.1) is 0 Å². The molecule has 0 unspecified atom stereocenters. The Kier molecular flexibility index (Phi) is 6.44. The molecular formula is C21H22N2O3S. The minimum Gasteiger partial charge on any atom is -0.497 e. The number of carbonyl (C=O) groups is 1. The normalized spacial score (nSPS) is 10.4. The van der Waals surface area contributed by atoms with Crippen LogP contribution >= 0.6 is 11.3 Å². The van der Waals surface area contributed by atoms with Crippen molar-refractivity contribution in [1.82, 2.24) is 10.3 Å². The minimum atomic E-state index is 0.00164. The first-order chi connectivity index (χ1) is 13.2. The van der Waals surface area contributed by atoms with Crippen molar-refractivity contribution in [1.29, 1.82) is 0 Å². The SMILES string of the molecule is COc1ccc(CCC(=O)NCc2ccnc(-c3ccsc3)c2)c(OC)c1. The predicted molar refractivity (Wildman–Crippen MR) is 107 cm³/mol. The highest BCUT2D eigenvalue weighted by molar-refractivity contribution is 7.08. The van der Waals surface area contributed by atoms with Crippen LogP contribution in [0.1, 0.15) is 17.5 Å². The molecule has 0 fully saturated rings. The summed E-state index contributed by atoms with van der Waals surface area (Å²) in [5, 5.41) is 7.06. The summed E-state index contributed by atoms with van der Waals surface area (Å²) in [6, 6.07) is 11.6. The van der Waals surface area contributed by atoms with Crippen LogP contribution in [0.3, 0.4) is 0 Å². The van der Waals surface area contributed by atoms with Gasteiger partial charge in [-0.2, -0.15) is 11.3 Å². The Balaban J connectivity index is 1.54. The zero-order valence-corrected chi connectivity index (χ0v) is 16.2. The molecule has 0 spiro atoms. The number of nitrogens with one attached hydrogen (secondary N) is 1. The lowest BCUT2D eigenvalue weighted by atomic mass is 10.1. The van der Waals surface area contributed by atoms with Crippen LogP contribution in [0, 0.1) is 0 Å². The molecule has 0 aliphatic carbocycles. The Morgan fingerprint density at radius 2 is 2.04 bits per heavy atom. The van der Waals surface area contributed by atoms with E-state index in [-0.39, 0.29) is 5.91 Å². The first-order valence-electron chi connectivity index (χ1n) is 8.64. The van der Waals surface area contributed by atoms with Gasteiger partial charge in [0, 0.05) is 36.2 Å². The highest BCUT2D eigenvalue weighted by Crippen LogP contribution is 2.25. The van der Waals surface area contributed by atoms with Crippen LogP contribution in [-0.4, -0.2) is 25.1 Å². The highest BCUT2D eigenvalue weighted by atomic mass is 32.1. The fraction of sp³-hybridized carbons (Fsp3) is 0.238. The number of rotatable bonds is 8. The van der Waals surface area contributed by atoms with Crippen molar-refractivity contribution in [2.75, 3.05) is 14.2 Å². The zero-order valence-electron chi connectivity index (χ0n) is 15.4. The van der Waals surface area contributed by atoms with Crippen molar-refractivity contribution in [3.05, 3.63) is 64.5 Å². The van der Waals surface area contributed by atoms with Gasteiger partial charge in [-0.3, -0.25) is 9.78 Å². The average molecular weight is 382 g/mol. The minimum absolute atomic E-state index is 0.00164. The molecule has 1 amide bonds. The standard InChI is InChI=1S/C21H22N2O3S/c1-25-18-5-3-16(20(12-18)26-2)4-6-21(24)23-13-15-7-9-22-19(11-15)17-8-10-27-14-17/h3,5,7-12,14H,4,6,13H2,1-2H3,(H,23,24). The summed E-state index contributed by atoms with van der Waals surface area (Å²) in [6.45, 7) is 0.484. The van der Waals surface area contributed by atoms with E-state index < -0.39 is 0 Å². The summed E-state index contributed by atoms with van der Waals surface area (Å²) in [7, 11) is 3.23. The molecule has 0 saturated heterocycles. The Bertz CT molecular complexity index is 894. The number of thiophene rings is 1. The number of aryl methyl sites for hydroxylation is 1. The molecule has 2 heterocycles. The maximum Gasteiger partial charge on any atom is 0.220 e. The third kappa shape index (κ3) is 5.08. The number of hydrogen-bond acceptors (Lipinski definition) is 5. The molecule has 6 heteroatoms. The van der Waals surface area contributed by atoms with Gasteiger partial charge in [0.05, 0.1) is 19.9 Å². The van der Waals surface area contributed by atoms with Gasteiger partial charge in [0.2, 0.25) is 5.91 Å². The quantitative estimate of drug-likeness (QED) is 0.638. The third-order valence-corrected chi connectivity index (χ3v) is 4.93. The van der Waals surface area contributed by atoms with Gasteiger partial charge in [0.1, 0.15) is 11.5 Å². The number of aromatic nitrogens is 1. The van der Waals surface area contributed by atoms with Crippen molar-refractivity contribution in [2.24, 2.45) is 0 Å². The maximum atomic E-state index is 12.2. The molecule has 0 aliphatic rings. The lowest BCUT2D eigenvalue weighted by Gasteiger charge is -2.11. The Labute approximate surface area is 163 Å². The van der Waals surface area contributed by atoms with E-state index >= 15 is 0 Å². The lowest BCUT2D eigenvalue weighted by Crippen LogP contribution is -2.23. The molecule has 0 aliphatic heterocycles. The smallest absolute Gasteiger partial charge is 0.220 e.